The van der Waals surface area contributed by atoms with Gasteiger partial charge in [-0.3, -0.25) is 9.36 Å². The Labute approximate surface area is 179 Å². The van der Waals surface area contributed by atoms with Gasteiger partial charge in [-0.1, -0.05) is 24.3 Å². The molecule has 0 saturated heterocycles. The fourth-order valence-electron chi connectivity index (χ4n) is 4.06. The zero-order valence-corrected chi connectivity index (χ0v) is 17.4. The van der Waals surface area contributed by atoms with Crippen molar-refractivity contribution in [1.29, 1.82) is 0 Å². The van der Waals surface area contributed by atoms with Crippen molar-refractivity contribution in [3.8, 4) is 0 Å². The van der Waals surface area contributed by atoms with Crippen LogP contribution in [0.1, 0.15) is 48.7 Å². The molecule has 0 unspecified atom stereocenters. The second kappa shape index (κ2) is 7.21. The fourth-order valence-corrected chi connectivity index (χ4v) is 4.06. The summed E-state index contributed by atoms with van der Waals surface area (Å²) in [5.41, 5.74) is 1.31. The third-order valence-corrected chi connectivity index (χ3v) is 5.97. The van der Waals surface area contributed by atoms with Gasteiger partial charge in [-0.05, 0) is 24.3 Å². The molecule has 3 aromatic heterocycles. The molecule has 0 bridgehead atoms. The van der Waals surface area contributed by atoms with Gasteiger partial charge in [-0.2, -0.15) is 4.68 Å². The highest BCUT2D eigenvalue weighted by molar-refractivity contribution is 5.68. The maximum Gasteiger partial charge on any atom is 0.437 e. The lowest BCUT2D eigenvalue weighted by molar-refractivity contribution is 0.0174. The second-order valence-electron chi connectivity index (χ2n) is 8.24. The molecule has 11 heteroatoms. The molecule has 1 saturated carbocycles. The van der Waals surface area contributed by atoms with Gasteiger partial charge in [-0.25, -0.2) is 23.5 Å². The minimum Gasteiger partial charge on any atom is -0.390 e. The zero-order valence-electron chi connectivity index (χ0n) is 17.4. The summed E-state index contributed by atoms with van der Waals surface area (Å²) >= 11 is 0. The van der Waals surface area contributed by atoms with Crippen molar-refractivity contribution in [3.63, 3.8) is 0 Å². The van der Waals surface area contributed by atoms with Gasteiger partial charge in [0.15, 0.2) is 11.2 Å². The van der Waals surface area contributed by atoms with Crippen LogP contribution in [-0.4, -0.2) is 28.9 Å². The summed E-state index contributed by atoms with van der Waals surface area (Å²) in [5, 5.41) is 4.26. The number of alkyl halides is 2. The Morgan fingerprint density at radius 2 is 1.81 bits per heavy atom. The highest BCUT2D eigenvalue weighted by Gasteiger charge is 2.35. The molecular formula is C21H20F2N6O3. The summed E-state index contributed by atoms with van der Waals surface area (Å²) < 4.78 is 36.2. The monoisotopic (exact) mass is 442 g/mol. The van der Waals surface area contributed by atoms with Crippen LogP contribution in [-0.2, 0) is 19.5 Å². The Hall–Kier alpha value is -3.63. The van der Waals surface area contributed by atoms with Crippen LogP contribution in [0.25, 0.3) is 11.2 Å². The van der Waals surface area contributed by atoms with Crippen LogP contribution >= 0.6 is 0 Å². The van der Waals surface area contributed by atoms with Crippen molar-refractivity contribution in [2.45, 2.75) is 44.2 Å². The summed E-state index contributed by atoms with van der Waals surface area (Å²) in [7, 11) is 1.70. The first-order chi connectivity index (χ1) is 15.2. The summed E-state index contributed by atoms with van der Waals surface area (Å²) in [6.45, 7) is 0.840. The number of benzene rings is 1. The molecule has 4 aromatic rings. The Morgan fingerprint density at radius 1 is 1.12 bits per heavy atom. The van der Waals surface area contributed by atoms with Crippen molar-refractivity contribution in [1.82, 2.24) is 28.9 Å². The van der Waals surface area contributed by atoms with Gasteiger partial charge in [0.25, 0.3) is 11.5 Å². The van der Waals surface area contributed by atoms with E-state index in [4.69, 9.17) is 4.42 Å². The minimum absolute atomic E-state index is 0.0245. The van der Waals surface area contributed by atoms with Gasteiger partial charge < -0.3 is 8.98 Å². The van der Waals surface area contributed by atoms with Crippen LogP contribution in [0.5, 0.6) is 0 Å². The van der Waals surface area contributed by atoms with Gasteiger partial charge in [0, 0.05) is 19.5 Å². The molecule has 1 aliphatic rings. The van der Waals surface area contributed by atoms with E-state index in [1.54, 1.807) is 23.7 Å². The summed E-state index contributed by atoms with van der Waals surface area (Å²) in [6, 6.07) is 6.14. The molecule has 0 N–H and O–H groups in total. The largest absolute Gasteiger partial charge is 0.437 e. The first-order valence-electron chi connectivity index (χ1n) is 10.1. The lowest BCUT2D eigenvalue weighted by Crippen LogP contribution is -2.32. The molecule has 1 aliphatic carbocycles. The lowest BCUT2D eigenvalue weighted by atomic mass is 9.76. The van der Waals surface area contributed by atoms with Crippen LogP contribution in [0, 0.1) is 0 Å². The van der Waals surface area contributed by atoms with E-state index in [2.05, 4.69) is 15.1 Å². The lowest BCUT2D eigenvalue weighted by Gasteiger charge is -2.34. The third kappa shape index (κ3) is 3.43. The number of aryl methyl sites for hydroxylation is 1. The molecule has 0 amide bonds. The third-order valence-electron chi connectivity index (χ3n) is 5.97. The predicted octanol–water partition coefficient (Wildman–Crippen LogP) is 2.56. The number of fused-ring (bicyclic) bond motifs is 1. The first kappa shape index (κ1) is 20.3. The first-order valence-corrected chi connectivity index (χ1v) is 10.1. The summed E-state index contributed by atoms with van der Waals surface area (Å²) in [6.07, 6.45) is 4.15. The molecule has 0 radical (unpaired) electrons. The van der Waals surface area contributed by atoms with E-state index in [-0.39, 0.29) is 35.5 Å². The fraction of sp³-hybridized carbons (Fsp3) is 0.381. The van der Waals surface area contributed by atoms with Crippen LogP contribution in [0.15, 0.2) is 50.9 Å². The molecule has 0 spiro atoms. The Bertz CT molecular complexity index is 1400. The number of aromatic nitrogens is 6. The van der Waals surface area contributed by atoms with Gasteiger partial charge in [-0.15, -0.1) is 5.10 Å². The Morgan fingerprint density at radius 3 is 2.50 bits per heavy atom. The molecule has 32 heavy (non-hydrogen) atoms. The number of imidazole rings is 1. The van der Waals surface area contributed by atoms with Crippen molar-refractivity contribution >= 4 is 11.2 Å². The van der Waals surface area contributed by atoms with Crippen molar-refractivity contribution in [2.24, 2.45) is 7.05 Å². The van der Waals surface area contributed by atoms with Gasteiger partial charge >= 0.3 is 5.76 Å². The summed E-state index contributed by atoms with van der Waals surface area (Å²) in [5.74, 6) is -3.19. The van der Waals surface area contributed by atoms with Crippen LogP contribution < -0.4 is 11.3 Å². The number of nitrogens with zero attached hydrogens (tertiary/aromatic N) is 6. The normalized spacial score (nSPS) is 18.8. The molecular weight excluding hydrogens is 422 g/mol. The Kier molecular flexibility index (Phi) is 4.57. The van der Waals surface area contributed by atoms with E-state index in [1.807, 2.05) is 0 Å². The van der Waals surface area contributed by atoms with Crippen LogP contribution in [0.4, 0.5) is 8.78 Å². The highest BCUT2D eigenvalue weighted by Crippen LogP contribution is 2.44. The van der Waals surface area contributed by atoms with E-state index in [0.29, 0.717) is 24.0 Å². The molecule has 3 heterocycles. The molecule has 1 aromatic carbocycles. The van der Waals surface area contributed by atoms with Gasteiger partial charge in [0.1, 0.15) is 12.9 Å². The maximum atomic E-state index is 13.4. The quantitative estimate of drug-likeness (QED) is 0.471. The highest BCUT2D eigenvalue weighted by atomic mass is 19.3. The Balaban J connectivity index is 1.30. The van der Waals surface area contributed by atoms with E-state index in [1.165, 1.54) is 34.0 Å². The van der Waals surface area contributed by atoms with E-state index < -0.39 is 11.7 Å². The second-order valence-corrected chi connectivity index (χ2v) is 8.24. The van der Waals surface area contributed by atoms with Crippen molar-refractivity contribution < 1.29 is 13.2 Å². The topological polar surface area (TPSA) is 101 Å². The van der Waals surface area contributed by atoms with Crippen molar-refractivity contribution in [3.05, 3.63) is 74.8 Å². The number of rotatable bonds is 5. The van der Waals surface area contributed by atoms with E-state index >= 15 is 0 Å². The maximum absolute atomic E-state index is 13.4. The number of hydrogen-bond acceptors (Lipinski definition) is 6. The number of hydrogen-bond donors (Lipinski definition) is 0. The van der Waals surface area contributed by atoms with E-state index in [9.17, 15) is 18.4 Å². The smallest absolute Gasteiger partial charge is 0.390 e. The van der Waals surface area contributed by atoms with E-state index in [0.717, 1.165) is 12.5 Å². The standard InChI is InChI=1S/C21H20F2N6O3/c1-21(22,23)14-5-3-12(4-6-14)13-7-15(8-13)29-20(31)32-16(26-29)9-28-11-25-18-17(19(28)30)27(2)10-24-18/h3-6,10-11,13,15H,7-9H2,1-2H3. The zero-order chi connectivity index (χ0) is 22.6. The summed E-state index contributed by atoms with van der Waals surface area (Å²) in [4.78, 5) is 33.1. The molecule has 5 rings (SSSR count). The average molecular weight is 442 g/mol. The molecule has 0 atom stereocenters. The van der Waals surface area contributed by atoms with Gasteiger partial charge in [0.05, 0.1) is 12.4 Å². The van der Waals surface area contributed by atoms with Crippen LogP contribution in [0.2, 0.25) is 0 Å². The number of halogens is 2. The van der Waals surface area contributed by atoms with Crippen LogP contribution in [0.3, 0.4) is 0 Å². The molecule has 166 valence electrons. The molecule has 1 fully saturated rings. The van der Waals surface area contributed by atoms with Crippen molar-refractivity contribution in [2.75, 3.05) is 0 Å². The molecule has 0 aliphatic heterocycles. The SMILES string of the molecule is Cn1cnc2ncn(Cc3nn(C4CC(c5ccc(C(C)(F)F)cc5)C4)c(=O)o3)c(=O)c21. The minimum atomic E-state index is -2.87. The molecule has 9 nitrogen and oxygen atoms in total. The van der Waals surface area contributed by atoms with Gasteiger partial charge in [0.2, 0.25) is 5.89 Å². The average Bonchev–Trinajstić information content (AvgIpc) is 3.26. The predicted molar refractivity (Wildman–Crippen MR) is 110 cm³/mol.